The number of nitrogens with one attached hydrogen (secondary N) is 2. The zero-order chi connectivity index (χ0) is 13.6. The van der Waals surface area contributed by atoms with E-state index in [0.717, 1.165) is 38.8 Å². The van der Waals surface area contributed by atoms with Crippen LogP contribution in [0, 0.1) is 5.41 Å². The molecule has 0 bridgehead atoms. The van der Waals surface area contributed by atoms with Gasteiger partial charge in [-0.15, -0.1) is 0 Å². The SMILES string of the molecule is CCCC1(C(=O)N(C)CC(=O)NC)CCNCC1. The van der Waals surface area contributed by atoms with Gasteiger partial charge < -0.3 is 15.5 Å². The molecule has 1 aliphatic rings. The molecule has 0 unspecified atom stereocenters. The number of hydrogen-bond donors (Lipinski definition) is 2. The number of nitrogens with zero attached hydrogens (tertiary/aromatic N) is 1. The summed E-state index contributed by atoms with van der Waals surface area (Å²) in [5.74, 6) is 0.000818. The first-order valence-corrected chi connectivity index (χ1v) is 6.72. The number of likely N-dealkylation sites (N-methyl/N-ethyl adjacent to an activating group) is 2. The van der Waals surface area contributed by atoms with Crippen LogP contribution in [0.5, 0.6) is 0 Å². The van der Waals surface area contributed by atoms with Gasteiger partial charge >= 0.3 is 0 Å². The molecule has 0 atom stereocenters. The van der Waals surface area contributed by atoms with Gasteiger partial charge in [0.2, 0.25) is 11.8 Å². The van der Waals surface area contributed by atoms with Crippen LogP contribution in [0.15, 0.2) is 0 Å². The fourth-order valence-electron chi connectivity index (χ4n) is 2.73. The Labute approximate surface area is 109 Å². The number of carbonyl (C=O) groups excluding carboxylic acids is 2. The number of rotatable bonds is 5. The Morgan fingerprint density at radius 3 is 2.44 bits per heavy atom. The second kappa shape index (κ2) is 6.73. The topological polar surface area (TPSA) is 61.4 Å². The van der Waals surface area contributed by atoms with Crippen molar-refractivity contribution in [2.75, 3.05) is 33.7 Å². The Kier molecular flexibility index (Phi) is 5.59. The molecule has 0 aromatic heterocycles. The molecule has 1 rings (SSSR count). The smallest absolute Gasteiger partial charge is 0.239 e. The van der Waals surface area contributed by atoms with Gasteiger partial charge in [0, 0.05) is 14.1 Å². The highest BCUT2D eigenvalue weighted by atomic mass is 16.2. The van der Waals surface area contributed by atoms with E-state index in [1.165, 1.54) is 0 Å². The predicted molar refractivity (Wildman–Crippen MR) is 71.1 cm³/mol. The monoisotopic (exact) mass is 255 g/mol. The van der Waals surface area contributed by atoms with Crippen molar-refractivity contribution >= 4 is 11.8 Å². The fraction of sp³-hybridized carbons (Fsp3) is 0.846. The zero-order valence-electron chi connectivity index (χ0n) is 11.7. The summed E-state index contributed by atoms with van der Waals surface area (Å²) in [6.07, 6.45) is 3.65. The fourth-order valence-corrected chi connectivity index (χ4v) is 2.73. The van der Waals surface area contributed by atoms with E-state index in [-0.39, 0.29) is 23.8 Å². The Morgan fingerprint density at radius 1 is 1.33 bits per heavy atom. The molecule has 0 aromatic rings. The Morgan fingerprint density at radius 2 is 1.94 bits per heavy atom. The summed E-state index contributed by atoms with van der Waals surface area (Å²) in [6, 6.07) is 0. The quantitative estimate of drug-likeness (QED) is 0.746. The van der Waals surface area contributed by atoms with Gasteiger partial charge in [-0.2, -0.15) is 0 Å². The summed E-state index contributed by atoms with van der Waals surface area (Å²) in [6.45, 7) is 4.03. The van der Waals surface area contributed by atoms with Gasteiger partial charge in [0.25, 0.3) is 0 Å². The molecule has 104 valence electrons. The van der Waals surface area contributed by atoms with E-state index in [2.05, 4.69) is 17.6 Å². The zero-order valence-corrected chi connectivity index (χ0v) is 11.7. The third-order valence-corrected chi connectivity index (χ3v) is 3.75. The minimum Gasteiger partial charge on any atom is -0.358 e. The van der Waals surface area contributed by atoms with Gasteiger partial charge in [0.15, 0.2) is 0 Å². The third-order valence-electron chi connectivity index (χ3n) is 3.75. The molecule has 1 saturated heterocycles. The molecule has 2 N–H and O–H groups in total. The summed E-state index contributed by atoms with van der Waals surface area (Å²) in [4.78, 5) is 25.5. The van der Waals surface area contributed by atoms with Gasteiger partial charge in [-0.05, 0) is 32.4 Å². The van der Waals surface area contributed by atoms with Crippen LogP contribution in [-0.4, -0.2) is 50.4 Å². The summed E-state index contributed by atoms with van der Waals surface area (Å²) >= 11 is 0. The van der Waals surface area contributed by atoms with Crippen molar-refractivity contribution < 1.29 is 9.59 Å². The average molecular weight is 255 g/mol. The first kappa shape index (κ1) is 15.0. The summed E-state index contributed by atoms with van der Waals surface area (Å²) in [5.41, 5.74) is -0.261. The summed E-state index contributed by atoms with van der Waals surface area (Å²) in [7, 11) is 3.31. The highest BCUT2D eigenvalue weighted by Crippen LogP contribution is 2.35. The van der Waals surface area contributed by atoms with Gasteiger partial charge in [-0.3, -0.25) is 9.59 Å². The maximum Gasteiger partial charge on any atom is 0.239 e. The van der Waals surface area contributed by atoms with Gasteiger partial charge in [-0.25, -0.2) is 0 Å². The average Bonchev–Trinajstić information content (AvgIpc) is 2.39. The minimum atomic E-state index is -0.261. The van der Waals surface area contributed by atoms with E-state index < -0.39 is 0 Å². The van der Waals surface area contributed by atoms with Crippen molar-refractivity contribution in [2.45, 2.75) is 32.6 Å². The van der Waals surface area contributed by atoms with Crippen LogP contribution in [0.1, 0.15) is 32.6 Å². The van der Waals surface area contributed by atoms with Crippen LogP contribution < -0.4 is 10.6 Å². The van der Waals surface area contributed by atoms with Gasteiger partial charge in [-0.1, -0.05) is 13.3 Å². The van der Waals surface area contributed by atoms with Crippen LogP contribution in [-0.2, 0) is 9.59 Å². The van der Waals surface area contributed by atoms with Crippen molar-refractivity contribution in [1.82, 2.24) is 15.5 Å². The van der Waals surface area contributed by atoms with Crippen LogP contribution in [0.3, 0.4) is 0 Å². The van der Waals surface area contributed by atoms with E-state index in [1.807, 2.05) is 0 Å². The lowest BCUT2D eigenvalue weighted by atomic mass is 9.74. The van der Waals surface area contributed by atoms with Gasteiger partial charge in [0.1, 0.15) is 0 Å². The second-order valence-corrected chi connectivity index (χ2v) is 5.11. The highest BCUT2D eigenvalue weighted by molar-refractivity contribution is 5.87. The van der Waals surface area contributed by atoms with Crippen molar-refractivity contribution in [1.29, 1.82) is 0 Å². The van der Waals surface area contributed by atoms with Crippen molar-refractivity contribution in [3.05, 3.63) is 0 Å². The molecule has 0 aliphatic carbocycles. The highest BCUT2D eigenvalue weighted by Gasteiger charge is 2.40. The molecule has 1 fully saturated rings. The largest absolute Gasteiger partial charge is 0.358 e. The van der Waals surface area contributed by atoms with E-state index in [1.54, 1.807) is 19.0 Å². The van der Waals surface area contributed by atoms with Crippen molar-refractivity contribution in [3.8, 4) is 0 Å². The standard InChI is InChI=1S/C13H25N3O2/c1-4-5-13(6-8-15-9-7-13)12(18)16(3)10-11(17)14-2/h15H,4-10H2,1-3H3,(H,14,17). The Hall–Kier alpha value is -1.10. The van der Waals surface area contributed by atoms with Crippen molar-refractivity contribution in [3.63, 3.8) is 0 Å². The van der Waals surface area contributed by atoms with Crippen molar-refractivity contribution in [2.24, 2.45) is 5.41 Å². The van der Waals surface area contributed by atoms with Gasteiger partial charge in [0.05, 0.1) is 12.0 Å². The van der Waals surface area contributed by atoms with Crippen LogP contribution in [0.4, 0.5) is 0 Å². The molecule has 18 heavy (non-hydrogen) atoms. The molecule has 0 aromatic carbocycles. The lowest BCUT2D eigenvalue weighted by Crippen LogP contribution is -2.50. The van der Waals surface area contributed by atoms with E-state index in [0.29, 0.717) is 0 Å². The number of piperidine rings is 1. The van der Waals surface area contributed by atoms with Crippen LogP contribution >= 0.6 is 0 Å². The van der Waals surface area contributed by atoms with E-state index >= 15 is 0 Å². The van der Waals surface area contributed by atoms with Crippen LogP contribution in [0.2, 0.25) is 0 Å². The molecule has 1 heterocycles. The summed E-state index contributed by atoms with van der Waals surface area (Å²) in [5, 5.41) is 5.85. The molecule has 0 radical (unpaired) electrons. The maximum atomic E-state index is 12.6. The Bertz CT molecular complexity index is 293. The maximum absolute atomic E-state index is 12.6. The second-order valence-electron chi connectivity index (χ2n) is 5.11. The number of carbonyl (C=O) groups is 2. The van der Waals surface area contributed by atoms with E-state index in [4.69, 9.17) is 0 Å². The summed E-state index contributed by atoms with van der Waals surface area (Å²) < 4.78 is 0. The first-order valence-electron chi connectivity index (χ1n) is 6.72. The lowest BCUT2D eigenvalue weighted by molar-refractivity contribution is -0.145. The number of hydrogen-bond acceptors (Lipinski definition) is 3. The number of amides is 2. The molecule has 0 saturated carbocycles. The van der Waals surface area contributed by atoms with E-state index in [9.17, 15) is 9.59 Å². The Balaban J connectivity index is 2.72. The molecular weight excluding hydrogens is 230 g/mol. The molecule has 2 amide bonds. The minimum absolute atomic E-state index is 0.119. The molecule has 0 spiro atoms. The third kappa shape index (κ3) is 3.45. The first-order chi connectivity index (χ1) is 8.55. The molecule has 5 heteroatoms. The normalized spacial score (nSPS) is 18.2. The van der Waals surface area contributed by atoms with Crippen LogP contribution in [0.25, 0.3) is 0 Å². The molecule has 5 nitrogen and oxygen atoms in total. The molecular formula is C13H25N3O2. The lowest BCUT2D eigenvalue weighted by Gasteiger charge is -2.38. The molecule has 1 aliphatic heterocycles. The predicted octanol–water partition coefficient (Wildman–Crippen LogP) is 0.361.